The molecule has 0 aromatic carbocycles. The Hall–Kier alpha value is -0.200. The molecule has 6 atom stereocenters. The van der Waals surface area contributed by atoms with Crippen molar-refractivity contribution in [2.24, 2.45) is 34.0 Å². The van der Waals surface area contributed by atoms with Gasteiger partial charge in [-0.1, -0.05) is 34.6 Å². The van der Waals surface area contributed by atoms with Gasteiger partial charge in [0.05, 0.1) is 26.4 Å². The Morgan fingerprint density at radius 2 is 1.24 bits per heavy atom. The highest BCUT2D eigenvalue weighted by atomic mass is 16.7. The van der Waals surface area contributed by atoms with Gasteiger partial charge < -0.3 is 23.7 Å². The van der Waals surface area contributed by atoms with E-state index in [9.17, 15) is 0 Å². The third-order valence-corrected chi connectivity index (χ3v) is 11.3. The second kappa shape index (κ2) is 6.37. The van der Waals surface area contributed by atoms with Gasteiger partial charge in [-0.3, -0.25) is 0 Å². The van der Waals surface area contributed by atoms with Gasteiger partial charge in [-0.05, 0) is 56.3 Å². The largest absolute Gasteiger partial charge is 0.362 e. The molecule has 5 heteroatoms. The Morgan fingerprint density at radius 1 is 0.606 bits per heavy atom. The Labute approximate surface area is 199 Å². The molecule has 3 aliphatic heterocycles. The lowest BCUT2D eigenvalue weighted by atomic mass is 9.49. The lowest BCUT2D eigenvalue weighted by Gasteiger charge is -2.58. The molecule has 0 amide bonds. The molecule has 5 nitrogen and oxygen atoms in total. The van der Waals surface area contributed by atoms with Crippen LogP contribution in [0.25, 0.3) is 0 Å². The molecule has 0 bridgehead atoms. The van der Waals surface area contributed by atoms with Crippen molar-refractivity contribution in [2.45, 2.75) is 115 Å². The third-order valence-electron chi connectivity index (χ3n) is 11.3. The predicted octanol–water partition coefficient (Wildman–Crippen LogP) is 5.45. The van der Waals surface area contributed by atoms with Crippen LogP contribution in [0.5, 0.6) is 0 Å². The summed E-state index contributed by atoms with van der Waals surface area (Å²) in [6.07, 6.45) is 10.2. The van der Waals surface area contributed by atoms with Crippen LogP contribution in [-0.4, -0.2) is 49.2 Å². The highest BCUT2D eigenvalue weighted by molar-refractivity contribution is 5.28. The molecule has 0 unspecified atom stereocenters. The highest BCUT2D eigenvalue weighted by Gasteiger charge is 2.81. The maximum atomic E-state index is 6.89. The van der Waals surface area contributed by atoms with Crippen molar-refractivity contribution in [1.29, 1.82) is 0 Å². The van der Waals surface area contributed by atoms with Gasteiger partial charge in [0.2, 0.25) is 0 Å². The maximum absolute atomic E-state index is 6.89. The molecule has 0 radical (unpaired) electrons. The van der Waals surface area contributed by atoms with Gasteiger partial charge in [0, 0.05) is 35.5 Å². The molecule has 186 valence electrons. The van der Waals surface area contributed by atoms with Gasteiger partial charge in [-0.25, -0.2) is 0 Å². The maximum Gasteiger partial charge on any atom is 0.173 e. The van der Waals surface area contributed by atoms with Crippen LogP contribution in [-0.2, 0) is 23.7 Å². The normalized spacial score (nSPS) is 52.5. The van der Waals surface area contributed by atoms with Gasteiger partial charge in [-0.15, -0.1) is 0 Å². The first-order chi connectivity index (χ1) is 15.5. The molecule has 7 fully saturated rings. The molecule has 33 heavy (non-hydrogen) atoms. The molecule has 4 saturated carbocycles. The smallest absolute Gasteiger partial charge is 0.173 e. The van der Waals surface area contributed by atoms with Crippen LogP contribution in [0.2, 0.25) is 0 Å². The summed E-state index contributed by atoms with van der Waals surface area (Å²) in [7, 11) is 0. The van der Waals surface area contributed by atoms with Crippen molar-refractivity contribution in [1.82, 2.24) is 0 Å². The lowest BCUT2D eigenvalue weighted by molar-refractivity contribution is -0.347. The number of fused-ring (bicyclic) bond motifs is 4. The average Bonchev–Trinajstić information content (AvgIpc) is 3.37. The monoisotopic (exact) mass is 460 g/mol. The average molecular weight is 461 g/mol. The minimum Gasteiger partial charge on any atom is -0.362 e. The Bertz CT molecular complexity index is 831. The molecule has 7 rings (SSSR count). The Balaban J connectivity index is 1.11. The summed E-state index contributed by atoms with van der Waals surface area (Å²) in [4.78, 5) is 0. The van der Waals surface area contributed by atoms with E-state index in [-0.39, 0.29) is 33.2 Å². The fraction of sp³-hybridized carbons (Fsp3) is 1.00. The Morgan fingerprint density at radius 3 is 1.94 bits per heavy atom. The summed E-state index contributed by atoms with van der Waals surface area (Å²) >= 11 is 0. The lowest BCUT2D eigenvalue weighted by Crippen LogP contribution is -2.61. The number of hydrogen-bond donors (Lipinski definition) is 0. The van der Waals surface area contributed by atoms with Gasteiger partial charge >= 0.3 is 0 Å². The molecule has 0 aromatic heterocycles. The minimum absolute atomic E-state index is 0.000203. The first-order valence-corrected chi connectivity index (χ1v) is 13.7. The van der Waals surface area contributed by atoms with Crippen LogP contribution >= 0.6 is 0 Å². The zero-order valence-electron chi connectivity index (χ0n) is 21.5. The van der Waals surface area contributed by atoms with Crippen molar-refractivity contribution >= 4 is 0 Å². The predicted molar refractivity (Wildman–Crippen MR) is 124 cm³/mol. The molecule has 4 aliphatic carbocycles. The zero-order chi connectivity index (χ0) is 23.0. The van der Waals surface area contributed by atoms with Crippen LogP contribution in [0.1, 0.15) is 92.4 Å². The van der Waals surface area contributed by atoms with Crippen molar-refractivity contribution < 1.29 is 23.7 Å². The van der Waals surface area contributed by atoms with E-state index >= 15 is 0 Å². The summed E-state index contributed by atoms with van der Waals surface area (Å²) < 4.78 is 33.0. The van der Waals surface area contributed by atoms with Crippen molar-refractivity contribution in [3.63, 3.8) is 0 Å². The molecule has 0 N–H and O–H groups in total. The SMILES string of the molecule is CC1(C)COC2(CC[C@]34O[C@]3(CC[C@H]3[C@@H]5CCC6(OCC(C)(C)CO6)[C@@]5(C)CC[C@@H]34)C2)OC1. The Kier molecular flexibility index (Phi) is 4.26. The number of ether oxygens (including phenoxy) is 5. The van der Waals surface area contributed by atoms with E-state index in [4.69, 9.17) is 23.7 Å². The molecule has 0 aromatic rings. The van der Waals surface area contributed by atoms with Crippen LogP contribution in [0.3, 0.4) is 0 Å². The van der Waals surface area contributed by atoms with Crippen molar-refractivity contribution in [2.75, 3.05) is 26.4 Å². The van der Waals surface area contributed by atoms with E-state index in [1.165, 1.54) is 32.1 Å². The summed E-state index contributed by atoms with van der Waals surface area (Å²) in [6.45, 7) is 14.7. The topological polar surface area (TPSA) is 49.5 Å². The van der Waals surface area contributed by atoms with E-state index in [1.54, 1.807) is 0 Å². The number of hydrogen-bond acceptors (Lipinski definition) is 5. The standard InChI is InChI=1S/C28H44O5/c1-22(2)15-29-26(30-16-22)12-13-27-21-7-9-24(5)20(19(21)6-10-25(27,14-26)33-27)8-11-28(24)31-17-23(3,4)18-32-28/h19-21H,6-18H2,1-5H3/t19-,20-,21-,24-,25+,27+/m0/s1. The molecular weight excluding hydrogens is 416 g/mol. The summed E-state index contributed by atoms with van der Waals surface area (Å²) in [5, 5.41) is 0. The second-order valence-electron chi connectivity index (χ2n) is 14.7. The van der Waals surface area contributed by atoms with Gasteiger partial charge in [0.1, 0.15) is 11.2 Å². The molecule has 3 heterocycles. The van der Waals surface area contributed by atoms with Crippen LogP contribution in [0.15, 0.2) is 0 Å². The third kappa shape index (κ3) is 2.78. The first-order valence-electron chi connectivity index (χ1n) is 13.7. The minimum atomic E-state index is -0.403. The quantitative estimate of drug-likeness (QED) is 0.450. The zero-order valence-corrected chi connectivity index (χ0v) is 21.5. The van der Waals surface area contributed by atoms with Crippen LogP contribution < -0.4 is 0 Å². The summed E-state index contributed by atoms with van der Waals surface area (Å²) in [5.74, 6) is 1.34. The molecule has 7 aliphatic rings. The van der Waals surface area contributed by atoms with E-state index < -0.39 is 5.79 Å². The molecule has 3 saturated heterocycles. The number of epoxide rings is 1. The van der Waals surface area contributed by atoms with Crippen molar-refractivity contribution in [3.05, 3.63) is 0 Å². The van der Waals surface area contributed by atoms with Crippen LogP contribution in [0, 0.1) is 34.0 Å². The number of rotatable bonds is 0. The van der Waals surface area contributed by atoms with E-state index in [0.717, 1.165) is 58.0 Å². The van der Waals surface area contributed by atoms with E-state index in [2.05, 4.69) is 34.6 Å². The van der Waals surface area contributed by atoms with Gasteiger partial charge in [0.25, 0.3) is 0 Å². The highest BCUT2D eigenvalue weighted by Crippen LogP contribution is 2.76. The van der Waals surface area contributed by atoms with Crippen molar-refractivity contribution in [3.8, 4) is 0 Å². The van der Waals surface area contributed by atoms with E-state index in [1.807, 2.05) is 0 Å². The fourth-order valence-corrected chi connectivity index (χ4v) is 9.43. The fourth-order valence-electron chi connectivity index (χ4n) is 9.43. The second-order valence-corrected chi connectivity index (χ2v) is 14.7. The van der Waals surface area contributed by atoms with E-state index in [0.29, 0.717) is 11.8 Å². The van der Waals surface area contributed by atoms with Gasteiger partial charge in [-0.2, -0.15) is 0 Å². The molecule has 2 spiro atoms. The summed E-state index contributed by atoms with van der Waals surface area (Å²) in [6, 6.07) is 0. The molecular formula is C28H44O5. The van der Waals surface area contributed by atoms with Crippen LogP contribution in [0.4, 0.5) is 0 Å². The summed E-state index contributed by atoms with van der Waals surface area (Å²) in [5.41, 5.74) is 0.449. The van der Waals surface area contributed by atoms with Gasteiger partial charge in [0.15, 0.2) is 11.6 Å². The first kappa shape index (κ1) is 22.0.